The Hall–Kier alpha value is -1.06. The van der Waals surface area contributed by atoms with Gasteiger partial charge in [0.25, 0.3) is 0 Å². The van der Waals surface area contributed by atoms with Crippen molar-refractivity contribution in [2.45, 2.75) is 92.8 Å². The first-order chi connectivity index (χ1) is 13.8. The van der Waals surface area contributed by atoms with Gasteiger partial charge >= 0.3 is 11.9 Å². The molecule has 4 aliphatic carbocycles. The molecule has 0 heterocycles. The molecule has 0 aliphatic heterocycles. The highest BCUT2D eigenvalue weighted by atomic mass is 16.6. The average molecular weight is 419 g/mol. The van der Waals surface area contributed by atoms with Crippen LogP contribution in [0.2, 0.25) is 0 Å². The molecule has 4 bridgehead atoms. The lowest BCUT2D eigenvalue weighted by Crippen LogP contribution is -2.46. The number of esters is 2. The summed E-state index contributed by atoms with van der Waals surface area (Å²) in [6.45, 7) is 16.9. The quantitative estimate of drug-likeness (QED) is 0.448. The van der Waals surface area contributed by atoms with Gasteiger partial charge in [0, 0.05) is 6.92 Å². The van der Waals surface area contributed by atoms with E-state index in [1.807, 2.05) is 20.8 Å². The fraction of sp³-hybridized carbons (Fsp3) is 0.923. The molecule has 4 fully saturated rings. The van der Waals surface area contributed by atoms with Crippen molar-refractivity contribution in [1.82, 2.24) is 0 Å². The van der Waals surface area contributed by atoms with Gasteiger partial charge in [-0.1, -0.05) is 27.7 Å². The van der Waals surface area contributed by atoms with Crippen molar-refractivity contribution in [2.75, 3.05) is 0 Å². The van der Waals surface area contributed by atoms with Gasteiger partial charge in [0.05, 0.1) is 6.42 Å². The standard InChI is InChI=1S/C26H42O4/c1-13-16-11-19(24(13)25(3,4)5)22-15-9-17(18(10-15)23(16)22)20(29-14(2)27)12-21(28)30-26(6,7)8/h13,15-20,22-24H,9-12H2,1-8H3. The van der Waals surface area contributed by atoms with Gasteiger partial charge in [0.1, 0.15) is 11.7 Å². The molecule has 0 radical (unpaired) electrons. The Balaban J connectivity index is 1.51. The Bertz CT molecular complexity index is 699. The SMILES string of the molecule is CC(=O)OC(CC(=O)OC(C)(C)C)C1CC2CC1C1C3CC(C21)C(C(C)(C)C)C3C. The van der Waals surface area contributed by atoms with E-state index in [1.165, 1.54) is 19.8 Å². The summed E-state index contributed by atoms with van der Waals surface area (Å²) in [7, 11) is 0. The van der Waals surface area contributed by atoms with Crippen molar-refractivity contribution in [3.05, 3.63) is 0 Å². The highest BCUT2D eigenvalue weighted by Gasteiger charge is 2.68. The summed E-state index contributed by atoms with van der Waals surface area (Å²) >= 11 is 0. The molecule has 10 unspecified atom stereocenters. The van der Waals surface area contributed by atoms with Crippen molar-refractivity contribution in [1.29, 1.82) is 0 Å². The summed E-state index contributed by atoms with van der Waals surface area (Å²) in [4.78, 5) is 24.4. The number of fused-ring (bicyclic) bond motifs is 9. The second-order valence-electron chi connectivity index (χ2n) is 13.0. The number of hydrogen-bond acceptors (Lipinski definition) is 4. The van der Waals surface area contributed by atoms with E-state index in [2.05, 4.69) is 27.7 Å². The number of hydrogen-bond donors (Lipinski definition) is 0. The topological polar surface area (TPSA) is 52.6 Å². The van der Waals surface area contributed by atoms with Gasteiger partial charge in [-0.25, -0.2) is 0 Å². The van der Waals surface area contributed by atoms with E-state index in [-0.39, 0.29) is 24.5 Å². The predicted molar refractivity (Wildman–Crippen MR) is 116 cm³/mol. The average Bonchev–Trinajstić information content (AvgIpc) is 3.27. The lowest BCUT2D eigenvalue weighted by atomic mass is 9.56. The maximum absolute atomic E-state index is 12.6. The molecular formula is C26H42O4. The second-order valence-corrected chi connectivity index (χ2v) is 13.0. The molecular weight excluding hydrogens is 376 g/mol. The number of rotatable bonds is 4. The zero-order valence-electron chi connectivity index (χ0n) is 20.2. The normalized spacial score (nSPS) is 42.9. The Kier molecular flexibility index (Phi) is 5.34. The fourth-order valence-corrected chi connectivity index (χ4v) is 8.87. The first kappa shape index (κ1) is 22.1. The Morgan fingerprint density at radius 3 is 2.17 bits per heavy atom. The van der Waals surface area contributed by atoms with Gasteiger partial charge in [-0.2, -0.15) is 0 Å². The van der Waals surface area contributed by atoms with E-state index in [9.17, 15) is 9.59 Å². The van der Waals surface area contributed by atoms with E-state index in [0.29, 0.717) is 17.3 Å². The minimum atomic E-state index is -0.514. The third-order valence-corrected chi connectivity index (χ3v) is 9.00. The molecule has 0 aromatic rings. The fourth-order valence-electron chi connectivity index (χ4n) is 8.87. The van der Waals surface area contributed by atoms with Gasteiger partial charge in [-0.3, -0.25) is 9.59 Å². The van der Waals surface area contributed by atoms with E-state index >= 15 is 0 Å². The van der Waals surface area contributed by atoms with Crippen LogP contribution in [-0.4, -0.2) is 23.6 Å². The van der Waals surface area contributed by atoms with Crippen LogP contribution < -0.4 is 0 Å². The molecule has 30 heavy (non-hydrogen) atoms. The minimum Gasteiger partial charge on any atom is -0.462 e. The third kappa shape index (κ3) is 3.71. The van der Waals surface area contributed by atoms with Crippen molar-refractivity contribution in [3.8, 4) is 0 Å². The zero-order valence-corrected chi connectivity index (χ0v) is 20.2. The van der Waals surface area contributed by atoms with Crippen molar-refractivity contribution in [3.63, 3.8) is 0 Å². The Labute approximate surface area is 182 Å². The monoisotopic (exact) mass is 418 g/mol. The van der Waals surface area contributed by atoms with E-state index in [0.717, 1.165) is 47.8 Å². The van der Waals surface area contributed by atoms with Crippen LogP contribution in [0.5, 0.6) is 0 Å². The smallest absolute Gasteiger partial charge is 0.310 e. The summed E-state index contributed by atoms with van der Waals surface area (Å²) in [6, 6.07) is 0. The molecule has 0 aromatic heterocycles. The molecule has 4 nitrogen and oxygen atoms in total. The molecule has 0 N–H and O–H groups in total. The van der Waals surface area contributed by atoms with Gasteiger partial charge in [-0.15, -0.1) is 0 Å². The highest BCUT2D eigenvalue weighted by molar-refractivity contribution is 5.72. The molecule has 0 spiro atoms. The third-order valence-electron chi connectivity index (χ3n) is 9.00. The van der Waals surface area contributed by atoms with Gasteiger partial charge in [0.2, 0.25) is 0 Å². The van der Waals surface area contributed by atoms with Crippen LogP contribution in [0.3, 0.4) is 0 Å². The molecule has 4 rings (SSSR count). The summed E-state index contributed by atoms with van der Waals surface area (Å²) < 4.78 is 11.3. The molecule has 10 atom stereocenters. The lowest BCUT2D eigenvalue weighted by Gasteiger charge is -2.49. The van der Waals surface area contributed by atoms with Gasteiger partial charge in [-0.05, 0) is 98.7 Å². The van der Waals surface area contributed by atoms with Crippen LogP contribution >= 0.6 is 0 Å². The Morgan fingerprint density at radius 1 is 0.933 bits per heavy atom. The van der Waals surface area contributed by atoms with Crippen molar-refractivity contribution in [2.24, 2.45) is 58.7 Å². The molecule has 4 saturated carbocycles. The van der Waals surface area contributed by atoms with Crippen LogP contribution in [0.4, 0.5) is 0 Å². The summed E-state index contributed by atoms with van der Waals surface area (Å²) in [5.74, 6) is 6.03. The molecule has 0 aromatic carbocycles. The summed E-state index contributed by atoms with van der Waals surface area (Å²) in [5.41, 5.74) is -0.137. The summed E-state index contributed by atoms with van der Waals surface area (Å²) in [5, 5.41) is 0. The molecule has 0 amide bonds. The van der Waals surface area contributed by atoms with E-state index < -0.39 is 5.60 Å². The van der Waals surface area contributed by atoms with Crippen LogP contribution in [0, 0.1) is 58.7 Å². The van der Waals surface area contributed by atoms with Crippen LogP contribution in [0.1, 0.15) is 81.1 Å². The zero-order chi connectivity index (χ0) is 22.2. The molecule has 4 aliphatic rings. The Morgan fingerprint density at radius 2 is 1.60 bits per heavy atom. The predicted octanol–water partition coefficient (Wildman–Crippen LogP) is 5.49. The van der Waals surface area contributed by atoms with Crippen LogP contribution in [0.15, 0.2) is 0 Å². The van der Waals surface area contributed by atoms with Crippen LogP contribution in [-0.2, 0) is 19.1 Å². The first-order valence-electron chi connectivity index (χ1n) is 12.2. The minimum absolute atomic E-state index is 0.191. The largest absolute Gasteiger partial charge is 0.462 e. The molecule has 4 heteroatoms. The number of carbonyl (C=O) groups is 2. The maximum atomic E-state index is 12.6. The second kappa shape index (κ2) is 7.24. The number of ether oxygens (including phenoxy) is 2. The number of carbonyl (C=O) groups excluding carboxylic acids is 2. The molecule has 0 saturated heterocycles. The van der Waals surface area contributed by atoms with Crippen LogP contribution in [0.25, 0.3) is 0 Å². The van der Waals surface area contributed by atoms with E-state index in [4.69, 9.17) is 9.47 Å². The lowest BCUT2D eigenvalue weighted by molar-refractivity contribution is -0.165. The molecule has 170 valence electrons. The van der Waals surface area contributed by atoms with Gasteiger partial charge in [0.15, 0.2) is 0 Å². The van der Waals surface area contributed by atoms with Crippen molar-refractivity contribution >= 4 is 11.9 Å². The van der Waals surface area contributed by atoms with Crippen molar-refractivity contribution < 1.29 is 19.1 Å². The van der Waals surface area contributed by atoms with Gasteiger partial charge < -0.3 is 9.47 Å². The first-order valence-corrected chi connectivity index (χ1v) is 12.2. The summed E-state index contributed by atoms with van der Waals surface area (Å²) in [6.07, 6.45) is 3.63. The highest BCUT2D eigenvalue weighted by Crippen LogP contribution is 2.73. The maximum Gasteiger partial charge on any atom is 0.310 e. The van der Waals surface area contributed by atoms with E-state index in [1.54, 1.807) is 0 Å².